The Labute approximate surface area is 257 Å². The Morgan fingerprint density at radius 1 is 0.705 bits per heavy atom. The number of nitrogens with one attached hydrogen (secondary N) is 4. The highest BCUT2D eigenvalue weighted by atomic mass is 16.4. The summed E-state index contributed by atoms with van der Waals surface area (Å²) in [6.45, 7) is 0.827. The minimum Gasteiger partial charge on any atom is -0.480 e. The molecule has 3 amide bonds. The zero-order valence-electron chi connectivity index (χ0n) is 25.0. The summed E-state index contributed by atoms with van der Waals surface area (Å²) < 4.78 is 0. The van der Waals surface area contributed by atoms with Gasteiger partial charge in [0.1, 0.15) is 18.1 Å². The van der Waals surface area contributed by atoms with Crippen molar-refractivity contribution in [3.63, 3.8) is 0 Å². The van der Waals surface area contributed by atoms with Crippen LogP contribution in [0.5, 0.6) is 0 Å². The molecule has 4 atom stereocenters. The van der Waals surface area contributed by atoms with Crippen molar-refractivity contribution in [3.8, 4) is 0 Å². The molecular formula is C32H45N7O5. The SMILES string of the molecule is NCCCCC(NC(=O)C(Cc1c[nH]c2ccccc12)NC(=O)C(CCCCN)NC(=O)C(N)Cc1ccccc1)C(=O)O. The summed E-state index contributed by atoms with van der Waals surface area (Å²) in [5, 5.41) is 18.8. The zero-order chi connectivity index (χ0) is 31.9. The molecule has 238 valence electrons. The number of para-hydroxylation sites is 1. The Morgan fingerprint density at radius 2 is 1.27 bits per heavy atom. The average Bonchev–Trinajstić information content (AvgIpc) is 3.42. The molecule has 0 spiro atoms. The van der Waals surface area contributed by atoms with Crippen LogP contribution >= 0.6 is 0 Å². The molecule has 0 aliphatic rings. The van der Waals surface area contributed by atoms with Crippen molar-refractivity contribution in [2.75, 3.05) is 13.1 Å². The van der Waals surface area contributed by atoms with Crippen LogP contribution in [-0.4, -0.2) is 71.0 Å². The molecule has 1 aromatic heterocycles. The molecule has 11 N–H and O–H groups in total. The fourth-order valence-electron chi connectivity index (χ4n) is 5.03. The van der Waals surface area contributed by atoms with Crippen LogP contribution in [-0.2, 0) is 32.0 Å². The van der Waals surface area contributed by atoms with Gasteiger partial charge in [-0.2, -0.15) is 0 Å². The van der Waals surface area contributed by atoms with Crippen LogP contribution < -0.4 is 33.2 Å². The number of aromatic amines is 1. The molecule has 0 bridgehead atoms. The van der Waals surface area contributed by atoms with E-state index in [0.29, 0.717) is 38.8 Å². The van der Waals surface area contributed by atoms with Gasteiger partial charge >= 0.3 is 5.97 Å². The second kappa shape index (κ2) is 17.8. The molecule has 1 heterocycles. The van der Waals surface area contributed by atoms with Gasteiger partial charge in [-0.1, -0.05) is 48.5 Å². The number of fused-ring (bicyclic) bond motifs is 1. The van der Waals surface area contributed by atoms with Gasteiger partial charge in [-0.3, -0.25) is 14.4 Å². The van der Waals surface area contributed by atoms with Crippen LogP contribution in [0.25, 0.3) is 10.9 Å². The van der Waals surface area contributed by atoms with Crippen LogP contribution in [0.15, 0.2) is 60.8 Å². The van der Waals surface area contributed by atoms with Gasteiger partial charge in [0, 0.05) is 23.5 Å². The number of carbonyl (C=O) groups excluding carboxylic acids is 3. The van der Waals surface area contributed by atoms with E-state index in [1.54, 1.807) is 6.20 Å². The van der Waals surface area contributed by atoms with Crippen molar-refractivity contribution >= 4 is 34.6 Å². The maximum Gasteiger partial charge on any atom is 0.326 e. The first-order valence-electron chi connectivity index (χ1n) is 15.1. The number of benzene rings is 2. The molecule has 2 aromatic carbocycles. The van der Waals surface area contributed by atoms with Gasteiger partial charge < -0.3 is 43.2 Å². The first kappa shape index (κ1) is 34.2. The molecule has 0 saturated heterocycles. The highest BCUT2D eigenvalue weighted by molar-refractivity contribution is 5.95. The van der Waals surface area contributed by atoms with Gasteiger partial charge in [0.05, 0.1) is 6.04 Å². The van der Waals surface area contributed by atoms with Crippen molar-refractivity contribution in [2.24, 2.45) is 17.2 Å². The third-order valence-electron chi connectivity index (χ3n) is 7.51. The Hall–Kier alpha value is -4.26. The van der Waals surface area contributed by atoms with Crippen molar-refractivity contribution in [1.82, 2.24) is 20.9 Å². The van der Waals surface area contributed by atoms with Gasteiger partial charge in [-0.15, -0.1) is 0 Å². The lowest BCUT2D eigenvalue weighted by atomic mass is 10.0. The van der Waals surface area contributed by atoms with E-state index < -0.39 is 47.9 Å². The number of carboxylic acid groups (broad SMARTS) is 1. The molecule has 3 aromatic rings. The van der Waals surface area contributed by atoms with E-state index in [0.717, 1.165) is 22.0 Å². The number of hydrogen-bond donors (Lipinski definition) is 8. The quantitative estimate of drug-likeness (QED) is 0.0920. The Bertz CT molecular complexity index is 1360. The first-order valence-corrected chi connectivity index (χ1v) is 15.1. The summed E-state index contributed by atoms with van der Waals surface area (Å²) in [6.07, 6.45) is 4.95. The minimum absolute atomic E-state index is 0.0910. The lowest BCUT2D eigenvalue weighted by molar-refractivity contribution is -0.142. The fraction of sp³-hybridized carbons (Fsp3) is 0.438. The molecule has 0 radical (unpaired) electrons. The number of aliphatic carboxylic acids is 1. The normalized spacial score (nSPS) is 13.9. The Balaban J connectivity index is 1.80. The summed E-state index contributed by atoms with van der Waals surface area (Å²) in [7, 11) is 0. The number of carboxylic acids is 1. The van der Waals surface area contributed by atoms with Gasteiger partial charge in [0.2, 0.25) is 17.7 Å². The highest BCUT2D eigenvalue weighted by Crippen LogP contribution is 2.19. The van der Waals surface area contributed by atoms with E-state index in [1.165, 1.54) is 0 Å². The van der Waals surface area contributed by atoms with Crippen LogP contribution in [0.2, 0.25) is 0 Å². The summed E-state index contributed by atoms with van der Waals surface area (Å²) in [6, 6.07) is 12.7. The van der Waals surface area contributed by atoms with Crippen LogP contribution in [0.4, 0.5) is 0 Å². The molecule has 44 heavy (non-hydrogen) atoms. The molecule has 12 nitrogen and oxygen atoms in total. The number of hydrogen-bond acceptors (Lipinski definition) is 7. The van der Waals surface area contributed by atoms with Crippen LogP contribution in [0.1, 0.15) is 49.7 Å². The number of aromatic nitrogens is 1. The number of amides is 3. The van der Waals surface area contributed by atoms with Crippen LogP contribution in [0, 0.1) is 0 Å². The van der Waals surface area contributed by atoms with E-state index in [2.05, 4.69) is 20.9 Å². The minimum atomic E-state index is -1.17. The smallest absolute Gasteiger partial charge is 0.326 e. The first-order chi connectivity index (χ1) is 21.2. The summed E-state index contributed by atoms with van der Waals surface area (Å²) in [5.74, 6) is -2.88. The summed E-state index contributed by atoms with van der Waals surface area (Å²) in [5.41, 5.74) is 19.9. The molecule has 12 heteroatoms. The van der Waals surface area contributed by atoms with Gasteiger partial charge in [0.15, 0.2) is 0 Å². The van der Waals surface area contributed by atoms with Crippen molar-refractivity contribution < 1.29 is 24.3 Å². The fourth-order valence-corrected chi connectivity index (χ4v) is 5.03. The average molecular weight is 608 g/mol. The van der Waals surface area contributed by atoms with E-state index in [1.807, 2.05) is 54.6 Å². The van der Waals surface area contributed by atoms with E-state index >= 15 is 0 Å². The number of H-pyrrole nitrogens is 1. The third kappa shape index (κ3) is 10.5. The van der Waals surface area contributed by atoms with Crippen LogP contribution in [0.3, 0.4) is 0 Å². The molecule has 0 aliphatic carbocycles. The lowest BCUT2D eigenvalue weighted by Crippen LogP contribution is -2.57. The number of rotatable bonds is 19. The van der Waals surface area contributed by atoms with Crippen molar-refractivity contribution in [3.05, 3.63) is 71.9 Å². The topological polar surface area (TPSA) is 218 Å². The molecule has 4 unspecified atom stereocenters. The monoisotopic (exact) mass is 607 g/mol. The van der Waals surface area contributed by atoms with E-state index in [9.17, 15) is 24.3 Å². The standard InChI is InChI=1S/C32H45N7O5/c33-16-8-6-14-26(37-29(40)24(35)18-21-10-2-1-3-11-21)30(41)39-28(19-22-20-36-25-13-5-4-12-23(22)25)31(42)38-27(32(43)44)15-7-9-17-34/h1-5,10-13,20,24,26-28,36H,6-9,14-19,33-35H2,(H,37,40)(H,38,42)(H,39,41)(H,43,44). The highest BCUT2D eigenvalue weighted by Gasteiger charge is 2.31. The van der Waals surface area contributed by atoms with Crippen molar-refractivity contribution in [1.29, 1.82) is 0 Å². The van der Waals surface area contributed by atoms with Gasteiger partial charge in [-0.25, -0.2) is 4.79 Å². The Kier molecular flexibility index (Phi) is 13.8. The third-order valence-corrected chi connectivity index (χ3v) is 7.51. The summed E-state index contributed by atoms with van der Waals surface area (Å²) >= 11 is 0. The molecular weight excluding hydrogens is 562 g/mol. The predicted octanol–water partition coefficient (Wildman–Crippen LogP) is 1.08. The van der Waals surface area contributed by atoms with Gasteiger partial charge in [-0.05, 0) is 75.2 Å². The summed E-state index contributed by atoms with van der Waals surface area (Å²) in [4.78, 5) is 55.4. The predicted molar refractivity (Wildman–Crippen MR) is 169 cm³/mol. The number of carbonyl (C=O) groups is 4. The maximum absolute atomic E-state index is 13.7. The van der Waals surface area contributed by atoms with E-state index in [-0.39, 0.29) is 25.7 Å². The second-order valence-electron chi connectivity index (χ2n) is 11.0. The number of nitrogens with two attached hydrogens (primary N) is 3. The number of unbranched alkanes of at least 4 members (excludes halogenated alkanes) is 2. The largest absolute Gasteiger partial charge is 0.480 e. The lowest BCUT2D eigenvalue weighted by Gasteiger charge is -2.25. The zero-order valence-corrected chi connectivity index (χ0v) is 25.0. The van der Waals surface area contributed by atoms with E-state index in [4.69, 9.17) is 17.2 Å². The molecule has 3 rings (SSSR count). The Morgan fingerprint density at radius 3 is 1.93 bits per heavy atom. The molecule has 0 saturated carbocycles. The molecule has 0 aliphatic heterocycles. The van der Waals surface area contributed by atoms with Crippen molar-refractivity contribution in [2.45, 2.75) is 75.5 Å². The second-order valence-corrected chi connectivity index (χ2v) is 11.0. The van der Waals surface area contributed by atoms with Gasteiger partial charge in [0.25, 0.3) is 0 Å². The maximum atomic E-state index is 13.7. The molecule has 0 fully saturated rings.